The number of rotatable bonds is 7. The predicted molar refractivity (Wildman–Crippen MR) is 95.4 cm³/mol. The molecule has 0 saturated carbocycles. The number of benzene rings is 1. The van der Waals surface area contributed by atoms with Crippen LogP contribution in [0.5, 0.6) is 0 Å². The second kappa shape index (κ2) is 9.61. The molecule has 1 aromatic carbocycles. The van der Waals surface area contributed by atoms with Gasteiger partial charge in [0.15, 0.2) is 5.96 Å². The van der Waals surface area contributed by atoms with E-state index in [4.69, 9.17) is 9.47 Å². The molecule has 0 aliphatic carbocycles. The lowest BCUT2D eigenvalue weighted by Gasteiger charge is -2.36. The Morgan fingerprint density at radius 3 is 2.58 bits per heavy atom. The molecule has 1 unspecified atom stereocenters. The molecule has 0 aromatic heterocycles. The zero-order valence-electron chi connectivity index (χ0n) is 14.6. The number of nitrogens with zero attached hydrogens (tertiary/aromatic N) is 1. The zero-order valence-corrected chi connectivity index (χ0v) is 14.6. The fourth-order valence-electron chi connectivity index (χ4n) is 2.89. The molecule has 1 saturated heterocycles. The highest BCUT2D eigenvalue weighted by molar-refractivity contribution is 5.79. The maximum atomic E-state index is 9.64. The molecule has 1 aliphatic rings. The van der Waals surface area contributed by atoms with Gasteiger partial charge in [0.25, 0.3) is 0 Å². The van der Waals surface area contributed by atoms with Crippen LogP contribution in [0, 0.1) is 0 Å². The van der Waals surface area contributed by atoms with E-state index in [1.54, 1.807) is 14.2 Å². The summed E-state index contributed by atoms with van der Waals surface area (Å²) in [5, 5.41) is 16.3. The maximum absolute atomic E-state index is 9.64. The minimum absolute atomic E-state index is 0.0317. The lowest BCUT2D eigenvalue weighted by molar-refractivity contribution is -0.0855. The standard InChI is InChI=1S/C18H29N3O3/c1-19-17(21-14-18(23-2)8-10-24-11-9-18)20-12-16(13-22)15-6-4-3-5-7-15/h3-7,16,22H,8-14H2,1-2H3,(H2,19,20,21). The molecule has 3 N–H and O–H groups in total. The van der Waals surface area contributed by atoms with Gasteiger partial charge in [0.1, 0.15) is 0 Å². The first-order valence-corrected chi connectivity index (χ1v) is 8.46. The summed E-state index contributed by atoms with van der Waals surface area (Å²) in [5.74, 6) is 0.747. The van der Waals surface area contributed by atoms with E-state index >= 15 is 0 Å². The molecule has 0 spiro atoms. The SMILES string of the molecule is CN=C(NCC(CO)c1ccccc1)NCC1(OC)CCOCC1. The molecule has 1 atom stereocenters. The predicted octanol–water partition coefficient (Wildman–Crippen LogP) is 1.12. The smallest absolute Gasteiger partial charge is 0.191 e. The van der Waals surface area contributed by atoms with Gasteiger partial charge in [-0.25, -0.2) is 0 Å². The first kappa shape index (κ1) is 18.7. The summed E-state index contributed by atoms with van der Waals surface area (Å²) < 4.78 is 11.1. The average Bonchev–Trinajstić information content (AvgIpc) is 2.66. The second-order valence-electron chi connectivity index (χ2n) is 6.10. The van der Waals surface area contributed by atoms with Gasteiger partial charge >= 0.3 is 0 Å². The van der Waals surface area contributed by atoms with Gasteiger partial charge in [0, 0.05) is 59.2 Å². The first-order chi connectivity index (χ1) is 11.7. The van der Waals surface area contributed by atoms with Crippen LogP contribution in [-0.4, -0.2) is 63.7 Å². The summed E-state index contributed by atoms with van der Waals surface area (Å²) in [6, 6.07) is 10.0. The summed E-state index contributed by atoms with van der Waals surface area (Å²) >= 11 is 0. The second-order valence-corrected chi connectivity index (χ2v) is 6.10. The molecular formula is C18H29N3O3. The van der Waals surface area contributed by atoms with Crippen molar-refractivity contribution < 1.29 is 14.6 Å². The fourth-order valence-corrected chi connectivity index (χ4v) is 2.89. The normalized spacial score (nSPS) is 18.9. The number of aliphatic hydroxyl groups excluding tert-OH is 1. The van der Waals surface area contributed by atoms with Gasteiger partial charge in [-0.15, -0.1) is 0 Å². The Kier molecular flexibility index (Phi) is 7.49. The molecule has 24 heavy (non-hydrogen) atoms. The molecule has 0 amide bonds. The molecule has 1 aliphatic heterocycles. The van der Waals surface area contributed by atoms with Crippen molar-refractivity contribution in [2.75, 3.05) is 47.1 Å². The third-order valence-electron chi connectivity index (χ3n) is 4.65. The van der Waals surface area contributed by atoms with Crippen LogP contribution in [0.3, 0.4) is 0 Å². The Morgan fingerprint density at radius 1 is 1.29 bits per heavy atom. The van der Waals surface area contributed by atoms with E-state index in [0.717, 1.165) is 31.6 Å². The van der Waals surface area contributed by atoms with Crippen LogP contribution in [0.2, 0.25) is 0 Å². The van der Waals surface area contributed by atoms with E-state index in [2.05, 4.69) is 15.6 Å². The molecule has 134 valence electrons. The average molecular weight is 335 g/mol. The van der Waals surface area contributed by atoms with Crippen molar-refractivity contribution in [3.63, 3.8) is 0 Å². The van der Waals surface area contributed by atoms with E-state index in [1.165, 1.54) is 0 Å². The molecule has 2 rings (SSSR count). The summed E-state index contributed by atoms with van der Waals surface area (Å²) in [4.78, 5) is 4.26. The van der Waals surface area contributed by atoms with Crippen molar-refractivity contribution >= 4 is 5.96 Å². The summed E-state index contributed by atoms with van der Waals surface area (Å²) in [6.07, 6.45) is 1.74. The van der Waals surface area contributed by atoms with E-state index in [9.17, 15) is 5.11 Å². The number of nitrogens with one attached hydrogen (secondary N) is 2. The molecule has 1 heterocycles. The minimum Gasteiger partial charge on any atom is -0.396 e. The van der Waals surface area contributed by atoms with Crippen LogP contribution in [0.25, 0.3) is 0 Å². The monoisotopic (exact) mass is 335 g/mol. The Balaban J connectivity index is 1.85. The van der Waals surface area contributed by atoms with E-state index < -0.39 is 0 Å². The van der Waals surface area contributed by atoms with E-state index in [-0.39, 0.29) is 18.1 Å². The Labute approximate surface area is 144 Å². The van der Waals surface area contributed by atoms with Gasteiger partial charge in [0.2, 0.25) is 0 Å². The van der Waals surface area contributed by atoms with Crippen molar-refractivity contribution in [3.8, 4) is 0 Å². The number of hydrogen-bond acceptors (Lipinski definition) is 4. The number of aliphatic hydroxyl groups is 1. The number of methoxy groups -OCH3 is 1. The van der Waals surface area contributed by atoms with Gasteiger partial charge in [-0.1, -0.05) is 30.3 Å². The van der Waals surface area contributed by atoms with Gasteiger partial charge in [0.05, 0.1) is 12.2 Å². The van der Waals surface area contributed by atoms with E-state index in [0.29, 0.717) is 19.0 Å². The number of ether oxygens (including phenoxy) is 2. The zero-order chi connectivity index (χ0) is 17.3. The van der Waals surface area contributed by atoms with Crippen molar-refractivity contribution in [3.05, 3.63) is 35.9 Å². The molecule has 6 heteroatoms. The van der Waals surface area contributed by atoms with Crippen LogP contribution in [0.15, 0.2) is 35.3 Å². The van der Waals surface area contributed by atoms with Crippen LogP contribution >= 0.6 is 0 Å². The minimum atomic E-state index is -0.203. The van der Waals surface area contributed by atoms with Crippen LogP contribution in [0.1, 0.15) is 24.3 Å². The Morgan fingerprint density at radius 2 is 2.00 bits per heavy atom. The quantitative estimate of drug-likeness (QED) is 0.514. The summed E-state index contributed by atoms with van der Waals surface area (Å²) in [7, 11) is 3.50. The highest BCUT2D eigenvalue weighted by Gasteiger charge is 2.32. The third-order valence-corrected chi connectivity index (χ3v) is 4.65. The van der Waals surface area contributed by atoms with Crippen molar-refractivity contribution in [2.24, 2.45) is 4.99 Å². The van der Waals surface area contributed by atoms with Gasteiger partial charge in [-0.3, -0.25) is 4.99 Å². The van der Waals surface area contributed by atoms with Gasteiger partial charge < -0.3 is 25.2 Å². The Hall–Kier alpha value is -1.63. The first-order valence-electron chi connectivity index (χ1n) is 8.46. The third kappa shape index (κ3) is 5.19. The van der Waals surface area contributed by atoms with Crippen molar-refractivity contribution in [1.82, 2.24) is 10.6 Å². The van der Waals surface area contributed by atoms with Gasteiger partial charge in [-0.2, -0.15) is 0 Å². The Bertz CT molecular complexity index is 501. The van der Waals surface area contributed by atoms with Crippen molar-refractivity contribution in [1.29, 1.82) is 0 Å². The largest absolute Gasteiger partial charge is 0.396 e. The number of guanidine groups is 1. The lowest BCUT2D eigenvalue weighted by Crippen LogP contribution is -2.51. The summed E-state index contributed by atoms with van der Waals surface area (Å²) in [5.41, 5.74) is 0.909. The molecule has 0 radical (unpaired) electrons. The number of hydrogen-bond donors (Lipinski definition) is 3. The van der Waals surface area contributed by atoms with Gasteiger partial charge in [-0.05, 0) is 5.56 Å². The molecule has 1 fully saturated rings. The molecule has 1 aromatic rings. The molecular weight excluding hydrogens is 306 g/mol. The number of aliphatic imine (C=N–C) groups is 1. The topological polar surface area (TPSA) is 75.1 Å². The van der Waals surface area contributed by atoms with E-state index in [1.807, 2.05) is 30.3 Å². The maximum Gasteiger partial charge on any atom is 0.191 e. The van der Waals surface area contributed by atoms with Crippen LogP contribution in [-0.2, 0) is 9.47 Å². The molecule has 6 nitrogen and oxygen atoms in total. The molecule has 0 bridgehead atoms. The van der Waals surface area contributed by atoms with Crippen molar-refractivity contribution in [2.45, 2.75) is 24.4 Å². The lowest BCUT2D eigenvalue weighted by atomic mass is 9.94. The highest BCUT2D eigenvalue weighted by Crippen LogP contribution is 2.23. The highest BCUT2D eigenvalue weighted by atomic mass is 16.5. The van der Waals surface area contributed by atoms with Crippen LogP contribution in [0.4, 0.5) is 0 Å². The van der Waals surface area contributed by atoms with Crippen LogP contribution < -0.4 is 10.6 Å². The summed E-state index contributed by atoms with van der Waals surface area (Å²) in [6.45, 7) is 2.84. The fraction of sp³-hybridized carbons (Fsp3) is 0.611.